The number of para-hydroxylation sites is 1. The van der Waals surface area contributed by atoms with Crippen LogP contribution in [0.2, 0.25) is 5.02 Å². The summed E-state index contributed by atoms with van der Waals surface area (Å²) >= 11 is 9.55. The molecule has 4 heteroatoms. The maximum absolute atomic E-state index is 6.13. The first-order chi connectivity index (χ1) is 8.70. The predicted octanol–water partition coefficient (Wildman–Crippen LogP) is 4.21. The number of rotatable bonds is 4. The summed E-state index contributed by atoms with van der Waals surface area (Å²) in [6, 6.07) is 15.8. The third-order valence-electron chi connectivity index (χ3n) is 2.71. The Kier molecular flexibility index (Phi) is 4.64. The quantitative estimate of drug-likeness (QED) is 0.883. The van der Waals surface area contributed by atoms with E-state index in [1.807, 2.05) is 48.5 Å². The molecule has 0 saturated carbocycles. The van der Waals surface area contributed by atoms with Crippen LogP contribution in [0.3, 0.4) is 0 Å². The monoisotopic (exact) mass is 324 g/mol. The summed E-state index contributed by atoms with van der Waals surface area (Å²) < 4.78 is 1.06. The lowest BCUT2D eigenvalue weighted by atomic mass is 10.1. The van der Waals surface area contributed by atoms with Crippen LogP contribution in [0.1, 0.15) is 11.6 Å². The Labute approximate surface area is 120 Å². The van der Waals surface area contributed by atoms with Crippen molar-refractivity contribution in [3.63, 3.8) is 0 Å². The van der Waals surface area contributed by atoms with E-state index in [1.54, 1.807) is 0 Å². The minimum atomic E-state index is 0.0537. The van der Waals surface area contributed by atoms with Gasteiger partial charge in [-0.25, -0.2) is 0 Å². The third-order valence-corrected chi connectivity index (χ3v) is 3.57. The molecule has 0 radical (unpaired) electrons. The summed E-state index contributed by atoms with van der Waals surface area (Å²) in [4.78, 5) is 0. The molecule has 0 aromatic heterocycles. The molecule has 94 valence electrons. The van der Waals surface area contributed by atoms with Gasteiger partial charge in [-0.1, -0.05) is 51.8 Å². The number of nitrogens with one attached hydrogen (secondary N) is 1. The van der Waals surface area contributed by atoms with Gasteiger partial charge in [0.05, 0.1) is 16.8 Å². The molecule has 0 aliphatic carbocycles. The van der Waals surface area contributed by atoms with Crippen molar-refractivity contribution in [3.8, 4) is 0 Å². The molecule has 0 bridgehead atoms. The molecule has 3 N–H and O–H groups in total. The number of benzene rings is 2. The molecular formula is C14H14BrClN2. The Hall–Kier alpha value is -1.03. The molecular weight excluding hydrogens is 312 g/mol. The summed E-state index contributed by atoms with van der Waals surface area (Å²) in [6.45, 7) is 0.507. The van der Waals surface area contributed by atoms with Crippen molar-refractivity contribution in [1.29, 1.82) is 0 Å². The van der Waals surface area contributed by atoms with Gasteiger partial charge in [-0.3, -0.25) is 0 Å². The van der Waals surface area contributed by atoms with Crippen LogP contribution < -0.4 is 11.1 Å². The second-order valence-electron chi connectivity index (χ2n) is 3.96. The third kappa shape index (κ3) is 3.25. The normalized spacial score (nSPS) is 12.2. The van der Waals surface area contributed by atoms with Gasteiger partial charge in [0.25, 0.3) is 0 Å². The lowest BCUT2D eigenvalue weighted by Gasteiger charge is -2.19. The van der Waals surface area contributed by atoms with Gasteiger partial charge in [-0.05, 0) is 29.8 Å². The maximum atomic E-state index is 6.13. The lowest BCUT2D eigenvalue weighted by molar-refractivity contribution is 0.790. The van der Waals surface area contributed by atoms with Crippen LogP contribution in [0.15, 0.2) is 53.0 Å². The van der Waals surface area contributed by atoms with Crippen molar-refractivity contribution < 1.29 is 0 Å². The average molecular weight is 326 g/mol. The molecule has 2 nitrogen and oxygen atoms in total. The minimum absolute atomic E-state index is 0.0537. The molecule has 0 amide bonds. The highest BCUT2D eigenvalue weighted by Gasteiger charge is 2.10. The van der Waals surface area contributed by atoms with E-state index in [4.69, 9.17) is 17.3 Å². The molecule has 0 fully saturated rings. The molecule has 0 aliphatic heterocycles. The van der Waals surface area contributed by atoms with Crippen molar-refractivity contribution in [2.45, 2.75) is 6.04 Å². The van der Waals surface area contributed by atoms with E-state index in [9.17, 15) is 0 Å². The molecule has 0 spiro atoms. The zero-order valence-electron chi connectivity index (χ0n) is 9.74. The van der Waals surface area contributed by atoms with Crippen molar-refractivity contribution in [2.75, 3.05) is 11.9 Å². The van der Waals surface area contributed by atoms with Crippen LogP contribution in [0.4, 0.5) is 5.69 Å². The average Bonchev–Trinajstić information content (AvgIpc) is 2.39. The van der Waals surface area contributed by atoms with Gasteiger partial charge in [-0.2, -0.15) is 0 Å². The number of hydrogen-bond donors (Lipinski definition) is 2. The van der Waals surface area contributed by atoms with E-state index in [-0.39, 0.29) is 6.04 Å². The molecule has 0 aliphatic rings. The van der Waals surface area contributed by atoms with Gasteiger partial charge in [-0.15, -0.1) is 0 Å². The van der Waals surface area contributed by atoms with Gasteiger partial charge in [0.1, 0.15) is 0 Å². The minimum Gasteiger partial charge on any atom is -0.376 e. The molecule has 0 saturated heterocycles. The van der Waals surface area contributed by atoms with Crippen LogP contribution in [0.5, 0.6) is 0 Å². The van der Waals surface area contributed by atoms with Gasteiger partial charge >= 0.3 is 0 Å². The fourth-order valence-electron chi connectivity index (χ4n) is 1.74. The summed E-state index contributed by atoms with van der Waals surface area (Å²) in [7, 11) is 0. The van der Waals surface area contributed by atoms with Crippen LogP contribution in [0.25, 0.3) is 0 Å². The van der Waals surface area contributed by atoms with E-state index < -0.39 is 0 Å². The van der Waals surface area contributed by atoms with Gasteiger partial charge < -0.3 is 11.1 Å². The van der Waals surface area contributed by atoms with Crippen molar-refractivity contribution in [3.05, 3.63) is 63.6 Å². The first-order valence-corrected chi connectivity index (χ1v) is 6.84. The van der Waals surface area contributed by atoms with Gasteiger partial charge in [0.15, 0.2) is 0 Å². The zero-order valence-corrected chi connectivity index (χ0v) is 12.1. The van der Waals surface area contributed by atoms with Crippen LogP contribution in [-0.2, 0) is 0 Å². The molecule has 2 aromatic carbocycles. The van der Waals surface area contributed by atoms with Crippen LogP contribution in [-0.4, -0.2) is 6.54 Å². The fraction of sp³-hybridized carbons (Fsp3) is 0.143. The molecule has 2 aromatic rings. The highest BCUT2D eigenvalue weighted by molar-refractivity contribution is 9.10. The zero-order chi connectivity index (χ0) is 13.0. The van der Waals surface area contributed by atoms with Crippen molar-refractivity contribution in [2.24, 2.45) is 5.73 Å². The van der Waals surface area contributed by atoms with E-state index in [0.29, 0.717) is 11.6 Å². The summed E-state index contributed by atoms with van der Waals surface area (Å²) in [5.74, 6) is 0. The van der Waals surface area contributed by atoms with E-state index >= 15 is 0 Å². The maximum Gasteiger partial charge on any atom is 0.0637 e. The van der Waals surface area contributed by atoms with Gasteiger partial charge in [0.2, 0.25) is 0 Å². The predicted molar refractivity (Wildman–Crippen MR) is 81.0 cm³/mol. The first-order valence-electron chi connectivity index (χ1n) is 5.67. The second-order valence-corrected chi connectivity index (χ2v) is 5.29. The second kappa shape index (κ2) is 6.23. The van der Waals surface area contributed by atoms with Crippen molar-refractivity contribution in [1.82, 2.24) is 0 Å². The molecule has 2 rings (SSSR count). The molecule has 18 heavy (non-hydrogen) atoms. The summed E-state index contributed by atoms with van der Waals surface area (Å²) in [5, 5.41) is 4.06. The van der Waals surface area contributed by atoms with Gasteiger partial charge in [0, 0.05) is 11.0 Å². The summed E-state index contributed by atoms with van der Waals surface area (Å²) in [6.07, 6.45) is 0. The highest BCUT2D eigenvalue weighted by atomic mass is 79.9. The highest BCUT2D eigenvalue weighted by Crippen LogP contribution is 2.26. The standard InChI is InChI=1S/C14H14BrClN2/c15-11-7-5-10(6-8-11)14(9-17)18-13-4-2-1-3-12(13)16/h1-8,14,18H,9,17H2. The Morgan fingerprint density at radius 3 is 2.39 bits per heavy atom. The Morgan fingerprint density at radius 2 is 1.78 bits per heavy atom. The SMILES string of the molecule is NCC(Nc1ccccc1Cl)c1ccc(Br)cc1. The number of anilines is 1. The Bertz CT molecular complexity index is 513. The van der Waals surface area contributed by atoms with Crippen molar-refractivity contribution >= 4 is 33.2 Å². The number of hydrogen-bond acceptors (Lipinski definition) is 2. The number of halogens is 2. The lowest BCUT2D eigenvalue weighted by Crippen LogP contribution is -2.20. The van der Waals surface area contributed by atoms with E-state index in [1.165, 1.54) is 0 Å². The largest absolute Gasteiger partial charge is 0.376 e. The molecule has 1 unspecified atom stereocenters. The molecule has 0 heterocycles. The Morgan fingerprint density at radius 1 is 1.11 bits per heavy atom. The topological polar surface area (TPSA) is 38.0 Å². The smallest absolute Gasteiger partial charge is 0.0637 e. The fourth-order valence-corrected chi connectivity index (χ4v) is 2.19. The Balaban J connectivity index is 2.20. The van der Waals surface area contributed by atoms with Crippen LogP contribution >= 0.6 is 27.5 Å². The van der Waals surface area contributed by atoms with E-state index in [0.717, 1.165) is 15.7 Å². The first kappa shape index (κ1) is 13.4. The van der Waals surface area contributed by atoms with E-state index in [2.05, 4.69) is 21.2 Å². The molecule has 1 atom stereocenters. The van der Waals surface area contributed by atoms with Crippen LogP contribution in [0, 0.1) is 0 Å². The number of nitrogens with two attached hydrogens (primary N) is 1. The summed E-state index contributed by atoms with van der Waals surface area (Å²) in [5.41, 5.74) is 7.86.